The number of benzene rings is 1. The van der Waals surface area contributed by atoms with Gasteiger partial charge in [0.2, 0.25) is 5.88 Å². The molecule has 1 heterocycles. The number of hydrogen-bond acceptors (Lipinski definition) is 4. The van der Waals surface area contributed by atoms with Gasteiger partial charge < -0.3 is 10.5 Å². The highest BCUT2D eigenvalue weighted by atomic mass is 16.5. The normalized spacial score (nSPS) is 10.3. The van der Waals surface area contributed by atoms with E-state index < -0.39 is 0 Å². The Morgan fingerprint density at radius 1 is 1.00 bits per heavy atom. The predicted molar refractivity (Wildman–Crippen MR) is 67.2 cm³/mol. The Hall–Kier alpha value is -2.10. The van der Waals surface area contributed by atoms with E-state index in [1.165, 1.54) is 6.33 Å². The van der Waals surface area contributed by atoms with Gasteiger partial charge in [-0.25, -0.2) is 9.97 Å². The number of aryl methyl sites for hydroxylation is 3. The maximum Gasteiger partial charge on any atom is 0.222 e. The molecule has 2 aromatic rings. The summed E-state index contributed by atoms with van der Waals surface area (Å²) in [4.78, 5) is 8.09. The van der Waals surface area contributed by atoms with Crippen LogP contribution in [0.1, 0.15) is 16.8 Å². The molecule has 1 aromatic heterocycles. The summed E-state index contributed by atoms with van der Waals surface area (Å²) in [6, 6.07) is 5.62. The molecule has 0 unspecified atom stereocenters. The second-order valence-corrected chi connectivity index (χ2v) is 4.07. The van der Waals surface area contributed by atoms with Gasteiger partial charge in [0.25, 0.3) is 0 Å². The molecule has 1 aromatic carbocycles. The van der Waals surface area contributed by atoms with Gasteiger partial charge in [0.05, 0.1) is 0 Å². The molecule has 0 atom stereocenters. The molecule has 0 aliphatic carbocycles. The lowest BCUT2D eigenvalue weighted by molar-refractivity contribution is 0.457. The molecule has 17 heavy (non-hydrogen) atoms. The number of anilines is 1. The summed E-state index contributed by atoms with van der Waals surface area (Å²) in [5.74, 6) is 1.32. The van der Waals surface area contributed by atoms with Crippen LogP contribution >= 0.6 is 0 Å². The highest BCUT2D eigenvalue weighted by molar-refractivity contribution is 5.54. The van der Waals surface area contributed by atoms with Crippen molar-refractivity contribution in [3.63, 3.8) is 0 Å². The van der Waals surface area contributed by atoms with E-state index in [2.05, 4.69) is 9.97 Å². The molecule has 0 saturated carbocycles. The van der Waals surface area contributed by atoms with Crippen LogP contribution in [0, 0.1) is 20.8 Å². The molecule has 88 valence electrons. The van der Waals surface area contributed by atoms with Crippen LogP contribution in [0.5, 0.6) is 11.6 Å². The van der Waals surface area contributed by atoms with Crippen molar-refractivity contribution in [2.75, 3.05) is 5.73 Å². The molecule has 0 radical (unpaired) electrons. The standard InChI is InChI=1S/C13H15N3O/c1-8-5-12(9(2)4-11(8)14)17-13-6-10(3)15-7-16-13/h4-7H,14H2,1-3H3. The minimum absolute atomic E-state index is 0.546. The monoisotopic (exact) mass is 229 g/mol. The lowest BCUT2D eigenvalue weighted by Crippen LogP contribution is -1.96. The lowest BCUT2D eigenvalue weighted by atomic mass is 10.1. The molecular formula is C13H15N3O. The number of rotatable bonds is 2. The van der Waals surface area contributed by atoms with E-state index in [-0.39, 0.29) is 0 Å². The van der Waals surface area contributed by atoms with Gasteiger partial charge in [0, 0.05) is 17.4 Å². The van der Waals surface area contributed by atoms with Crippen molar-refractivity contribution in [2.45, 2.75) is 20.8 Å². The Labute approximate surface area is 100 Å². The van der Waals surface area contributed by atoms with Crippen LogP contribution in [0.25, 0.3) is 0 Å². The number of nitrogens with two attached hydrogens (primary N) is 1. The second kappa shape index (κ2) is 4.41. The fourth-order valence-corrected chi connectivity index (χ4v) is 1.52. The average molecular weight is 229 g/mol. The number of aromatic nitrogens is 2. The topological polar surface area (TPSA) is 61.0 Å². The largest absolute Gasteiger partial charge is 0.439 e. The molecule has 4 heteroatoms. The lowest BCUT2D eigenvalue weighted by Gasteiger charge is -2.10. The second-order valence-electron chi connectivity index (χ2n) is 4.07. The van der Waals surface area contributed by atoms with Crippen molar-refractivity contribution in [3.05, 3.63) is 41.3 Å². The van der Waals surface area contributed by atoms with Crippen molar-refractivity contribution in [3.8, 4) is 11.6 Å². The fourth-order valence-electron chi connectivity index (χ4n) is 1.52. The smallest absolute Gasteiger partial charge is 0.222 e. The predicted octanol–water partition coefficient (Wildman–Crippen LogP) is 2.78. The number of nitrogen functional groups attached to an aromatic ring is 1. The Bertz CT molecular complexity index is 552. The van der Waals surface area contributed by atoms with Gasteiger partial charge in [-0.15, -0.1) is 0 Å². The van der Waals surface area contributed by atoms with E-state index in [9.17, 15) is 0 Å². The van der Waals surface area contributed by atoms with Crippen molar-refractivity contribution >= 4 is 5.69 Å². The molecular weight excluding hydrogens is 214 g/mol. The highest BCUT2D eigenvalue weighted by Gasteiger charge is 2.05. The van der Waals surface area contributed by atoms with Crippen molar-refractivity contribution < 1.29 is 4.74 Å². The third-order valence-electron chi connectivity index (χ3n) is 2.56. The van der Waals surface area contributed by atoms with Crippen LogP contribution in [0.15, 0.2) is 24.5 Å². The van der Waals surface area contributed by atoms with Gasteiger partial charge in [-0.3, -0.25) is 0 Å². The fraction of sp³-hybridized carbons (Fsp3) is 0.231. The number of nitrogens with zero attached hydrogens (tertiary/aromatic N) is 2. The minimum atomic E-state index is 0.546. The van der Waals surface area contributed by atoms with Crippen molar-refractivity contribution in [2.24, 2.45) is 0 Å². The number of ether oxygens (including phenoxy) is 1. The first-order valence-corrected chi connectivity index (χ1v) is 5.39. The average Bonchev–Trinajstić information content (AvgIpc) is 2.26. The van der Waals surface area contributed by atoms with E-state index in [1.54, 1.807) is 6.07 Å². The van der Waals surface area contributed by atoms with E-state index in [0.29, 0.717) is 5.88 Å². The molecule has 4 nitrogen and oxygen atoms in total. The minimum Gasteiger partial charge on any atom is -0.439 e. The SMILES string of the molecule is Cc1cc(Oc2cc(C)c(N)cc2C)ncn1. The van der Waals surface area contributed by atoms with Crippen molar-refractivity contribution in [1.29, 1.82) is 0 Å². The number of hydrogen-bond donors (Lipinski definition) is 1. The molecule has 0 aliphatic rings. The molecule has 0 saturated heterocycles. The molecule has 0 fully saturated rings. The summed E-state index contributed by atoms with van der Waals surface area (Å²) < 4.78 is 5.72. The highest BCUT2D eigenvalue weighted by Crippen LogP contribution is 2.27. The van der Waals surface area contributed by atoms with Crippen LogP contribution in [0.4, 0.5) is 5.69 Å². The van der Waals surface area contributed by atoms with Crippen molar-refractivity contribution in [1.82, 2.24) is 9.97 Å². The maximum absolute atomic E-state index is 5.83. The van der Waals surface area contributed by atoms with Gasteiger partial charge in [-0.2, -0.15) is 0 Å². The zero-order valence-corrected chi connectivity index (χ0v) is 10.2. The summed E-state index contributed by atoms with van der Waals surface area (Å²) in [5.41, 5.74) is 9.46. The van der Waals surface area contributed by atoms with E-state index in [0.717, 1.165) is 28.3 Å². The summed E-state index contributed by atoms with van der Waals surface area (Å²) in [5, 5.41) is 0. The van der Waals surface area contributed by atoms with Gasteiger partial charge in [-0.1, -0.05) is 0 Å². The molecule has 0 amide bonds. The molecule has 0 aliphatic heterocycles. The third-order valence-corrected chi connectivity index (χ3v) is 2.56. The van der Waals surface area contributed by atoms with Crippen LogP contribution in [0.3, 0.4) is 0 Å². The summed E-state index contributed by atoms with van der Waals surface area (Å²) in [7, 11) is 0. The first-order valence-electron chi connectivity index (χ1n) is 5.39. The summed E-state index contributed by atoms with van der Waals surface area (Å²) >= 11 is 0. The Kier molecular flexibility index (Phi) is 2.95. The molecule has 2 N–H and O–H groups in total. The molecule has 0 spiro atoms. The Morgan fingerprint density at radius 3 is 2.47 bits per heavy atom. The summed E-state index contributed by atoms with van der Waals surface area (Å²) in [6.07, 6.45) is 1.49. The van der Waals surface area contributed by atoms with Crippen LogP contribution in [-0.4, -0.2) is 9.97 Å². The van der Waals surface area contributed by atoms with E-state index in [4.69, 9.17) is 10.5 Å². The van der Waals surface area contributed by atoms with Gasteiger partial charge >= 0.3 is 0 Å². The summed E-state index contributed by atoms with van der Waals surface area (Å²) in [6.45, 7) is 5.81. The quantitative estimate of drug-likeness (QED) is 0.804. The zero-order valence-electron chi connectivity index (χ0n) is 10.2. The van der Waals surface area contributed by atoms with Gasteiger partial charge in [0.1, 0.15) is 12.1 Å². The van der Waals surface area contributed by atoms with Crippen LogP contribution in [0.2, 0.25) is 0 Å². The third kappa shape index (κ3) is 2.53. The maximum atomic E-state index is 5.83. The first-order chi connectivity index (χ1) is 8.06. The van der Waals surface area contributed by atoms with Crippen LogP contribution in [-0.2, 0) is 0 Å². The van der Waals surface area contributed by atoms with Crippen LogP contribution < -0.4 is 10.5 Å². The Morgan fingerprint density at radius 2 is 1.76 bits per heavy atom. The van der Waals surface area contributed by atoms with E-state index >= 15 is 0 Å². The zero-order chi connectivity index (χ0) is 12.4. The molecule has 0 bridgehead atoms. The molecule has 2 rings (SSSR count). The van der Waals surface area contributed by atoms with Gasteiger partial charge in [0.15, 0.2) is 0 Å². The van der Waals surface area contributed by atoms with E-state index in [1.807, 2.05) is 32.9 Å². The Balaban J connectivity index is 2.33. The van der Waals surface area contributed by atoms with Gasteiger partial charge in [-0.05, 0) is 44.0 Å². The first kappa shape index (κ1) is 11.4.